The van der Waals surface area contributed by atoms with Gasteiger partial charge in [-0.15, -0.1) is 0 Å². The van der Waals surface area contributed by atoms with Gasteiger partial charge in [-0.25, -0.2) is 10.3 Å². The van der Waals surface area contributed by atoms with Crippen molar-refractivity contribution in [3.05, 3.63) is 60.7 Å². The summed E-state index contributed by atoms with van der Waals surface area (Å²) in [5, 5.41) is 0. The molecule has 1 atom stereocenters. The highest BCUT2D eigenvalue weighted by atomic mass is 16.7. The van der Waals surface area contributed by atoms with E-state index in [0.29, 0.717) is 11.4 Å². The minimum Gasteiger partial charge on any atom is -0.426 e. The van der Waals surface area contributed by atoms with Gasteiger partial charge in [0.1, 0.15) is 5.75 Å². The predicted octanol–water partition coefficient (Wildman–Crippen LogP) is 2.80. The number of hydrogen-bond donors (Lipinski definition) is 1. The zero-order chi connectivity index (χ0) is 15.1. The molecule has 0 saturated heterocycles. The minimum absolute atomic E-state index is 0.387. The molecule has 2 aromatic rings. The van der Waals surface area contributed by atoms with Gasteiger partial charge in [0.25, 0.3) is 0 Å². The van der Waals surface area contributed by atoms with E-state index in [2.05, 4.69) is 5.48 Å². The van der Waals surface area contributed by atoms with Gasteiger partial charge in [-0.2, -0.15) is 0 Å². The largest absolute Gasteiger partial charge is 0.426 e. The highest BCUT2D eigenvalue weighted by Gasteiger charge is 2.25. The number of anilines is 1. The molecule has 0 radical (unpaired) electrons. The third-order valence-electron chi connectivity index (χ3n) is 2.71. The molecule has 0 saturated carbocycles. The molecule has 0 heterocycles. The van der Waals surface area contributed by atoms with E-state index in [1.54, 1.807) is 54.6 Å². The van der Waals surface area contributed by atoms with Gasteiger partial charge in [0, 0.05) is 0 Å². The first-order valence-corrected chi connectivity index (χ1v) is 6.45. The second-order valence-corrected chi connectivity index (χ2v) is 4.35. The van der Waals surface area contributed by atoms with Crippen molar-refractivity contribution in [1.82, 2.24) is 0 Å². The smallest absolute Gasteiger partial charge is 0.346 e. The SMILES string of the molecule is C[C@@H](C(=O)ONc1ccccc1)C(=O)Oc1ccccc1. The summed E-state index contributed by atoms with van der Waals surface area (Å²) in [6.45, 7) is 1.43. The molecule has 2 rings (SSSR count). The first kappa shape index (κ1) is 14.6. The van der Waals surface area contributed by atoms with Crippen molar-refractivity contribution < 1.29 is 19.2 Å². The fourth-order valence-electron chi connectivity index (χ4n) is 1.49. The van der Waals surface area contributed by atoms with E-state index >= 15 is 0 Å². The van der Waals surface area contributed by atoms with Crippen molar-refractivity contribution in [3.8, 4) is 5.75 Å². The highest BCUT2D eigenvalue weighted by molar-refractivity contribution is 5.95. The molecule has 0 amide bonds. The zero-order valence-electron chi connectivity index (χ0n) is 11.5. The Kier molecular flexibility index (Phi) is 4.93. The standard InChI is InChI=1S/C16H15NO4/c1-12(15(18)20-14-10-6-3-7-11-14)16(19)21-17-13-8-4-2-5-9-13/h2-12,17H,1H3/t12-/m1/s1. The average molecular weight is 285 g/mol. The second kappa shape index (κ2) is 7.09. The monoisotopic (exact) mass is 285 g/mol. The van der Waals surface area contributed by atoms with Crippen molar-refractivity contribution in [2.75, 3.05) is 5.48 Å². The Hall–Kier alpha value is -2.82. The number of esters is 1. The lowest BCUT2D eigenvalue weighted by Gasteiger charge is -2.11. The fourth-order valence-corrected chi connectivity index (χ4v) is 1.49. The van der Waals surface area contributed by atoms with E-state index in [1.807, 2.05) is 6.07 Å². The molecule has 0 aliphatic carbocycles. The molecule has 0 spiro atoms. The van der Waals surface area contributed by atoms with Crippen LogP contribution in [0.1, 0.15) is 6.92 Å². The molecule has 0 fully saturated rings. The van der Waals surface area contributed by atoms with Crippen LogP contribution < -0.4 is 10.2 Å². The van der Waals surface area contributed by atoms with Gasteiger partial charge in [0.05, 0.1) is 5.69 Å². The van der Waals surface area contributed by atoms with Crippen LogP contribution in [0.5, 0.6) is 5.75 Å². The van der Waals surface area contributed by atoms with Crippen LogP contribution in [0.2, 0.25) is 0 Å². The van der Waals surface area contributed by atoms with Crippen LogP contribution in [-0.2, 0) is 14.4 Å². The Labute approximate surface area is 122 Å². The van der Waals surface area contributed by atoms with Crippen LogP contribution in [0.25, 0.3) is 0 Å². The summed E-state index contributed by atoms with van der Waals surface area (Å²) in [7, 11) is 0. The van der Waals surface area contributed by atoms with Crippen LogP contribution >= 0.6 is 0 Å². The Morgan fingerprint density at radius 1 is 0.905 bits per heavy atom. The number of rotatable bonds is 5. The molecule has 0 aliphatic rings. The maximum Gasteiger partial charge on any atom is 0.346 e. The molecule has 1 N–H and O–H groups in total. The third-order valence-corrected chi connectivity index (χ3v) is 2.71. The molecular formula is C16H15NO4. The molecule has 108 valence electrons. The summed E-state index contributed by atoms with van der Waals surface area (Å²) >= 11 is 0. The third kappa shape index (κ3) is 4.35. The summed E-state index contributed by atoms with van der Waals surface area (Å²) in [6, 6.07) is 17.5. The van der Waals surface area contributed by atoms with E-state index in [9.17, 15) is 9.59 Å². The van der Waals surface area contributed by atoms with Crippen LogP contribution in [0.15, 0.2) is 60.7 Å². The molecule has 5 heteroatoms. The topological polar surface area (TPSA) is 64.6 Å². The zero-order valence-corrected chi connectivity index (χ0v) is 11.5. The second-order valence-electron chi connectivity index (χ2n) is 4.35. The van der Waals surface area contributed by atoms with Gasteiger partial charge in [0.15, 0.2) is 5.92 Å². The van der Waals surface area contributed by atoms with Crippen LogP contribution in [0, 0.1) is 5.92 Å². The Balaban J connectivity index is 1.85. The van der Waals surface area contributed by atoms with Gasteiger partial charge >= 0.3 is 11.9 Å². The highest BCUT2D eigenvalue weighted by Crippen LogP contribution is 2.12. The van der Waals surface area contributed by atoms with Gasteiger partial charge in [0.2, 0.25) is 0 Å². The van der Waals surface area contributed by atoms with Crippen molar-refractivity contribution in [2.24, 2.45) is 5.92 Å². The Bertz CT molecular complexity index is 598. The van der Waals surface area contributed by atoms with E-state index in [0.717, 1.165) is 0 Å². The predicted molar refractivity (Wildman–Crippen MR) is 77.4 cm³/mol. The van der Waals surface area contributed by atoms with Crippen LogP contribution in [0.3, 0.4) is 0 Å². The molecule has 5 nitrogen and oxygen atoms in total. The number of carbonyl (C=O) groups excluding carboxylic acids is 2. The first-order chi connectivity index (χ1) is 10.2. The molecule has 2 aromatic carbocycles. The van der Waals surface area contributed by atoms with Crippen LogP contribution in [-0.4, -0.2) is 11.9 Å². The van der Waals surface area contributed by atoms with Crippen molar-refractivity contribution in [1.29, 1.82) is 0 Å². The maximum atomic E-state index is 11.8. The number of nitrogens with one attached hydrogen (secondary N) is 1. The fraction of sp³-hybridized carbons (Fsp3) is 0.125. The average Bonchev–Trinajstić information content (AvgIpc) is 2.53. The summed E-state index contributed by atoms with van der Waals surface area (Å²) in [6.07, 6.45) is 0. The van der Waals surface area contributed by atoms with Crippen molar-refractivity contribution in [2.45, 2.75) is 6.92 Å². The quantitative estimate of drug-likeness (QED) is 0.396. The van der Waals surface area contributed by atoms with Crippen LogP contribution in [0.4, 0.5) is 5.69 Å². The van der Waals surface area contributed by atoms with E-state index in [-0.39, 0.29) is 0 Å². The Morgan fingerprint density at radius 3 is 2.10 bits per heavy atom. The number of benzene rings is 2. The number of ether oxygens (including phenoxy) is 1. The van der Waals surface area contributed by atoms with Gasteiger partial charge in [-0.1, -0.05) is 36.4 Å². The summed E-state index contributed by atoms with van der Waals surface area (Å²) < 4.78 is 5.08. The molecule has 0 unspecified atom stereocenters. The molecule has 21 heavy (non-hydrogen) atoms. The molecular weight excluding hydrogens is 270 g/mol. The van der Waals surface area contributed by atoms with Gasteiger partial charge in [-0.05, 0) is 31.2 Å². The van der Waals surface area contributed by atoms with Crippen molar-refractivity contribution in [3.63, 3.8) is 0 Å². The maximum absolute atomic E-state index is 11.8. The summed E-state index contributed by atoms with van der Waals surface area (Å²) in [5.41, 5.74) is 3.11. The number of carbonyl (C=O) groups is 2. The minimum atomic E-state index is -1.03. The number of para-hydroxylation sites is 2. The number of hydrogen-bond acceptors (Lipinski definition) is 5. The Morgan fingerprint density at radius 2 is 1.48 bits per heavy atom. The first-order valence-electron chi connectivity index (χ1n) is 6.45. The molecule has 0 aromatic heterocycles. The molecule has 0 aliphatic heterocycles. The van der Waals surface area contributed by atoms with Crippen molar-refractivity contribution >= 4 is 17.6 Å². The van der Waals surface area contributed by atoms with Gasteiger partial charge in [-0.3, -0.25) is 4.79 Å². The summed E-state index contributed by atoms with van der Waals surface area (Å²) in [5.74, 6) is -2.01. The lowest BCUT2D eigenvalue weighted by molar-refractivity contribution is -0.154. The normalized spacial score (nSPS) is 11.3. The molecule has 0 bridgehead atoms. The van der Waals surface area contributed by atoms with Gasteiger partial charge < -0.3 is 9.57 Å². The van der Waals surface area contributed by atoms with E-state index in [1.165, 1.54) is 6.92 Å². The lowest BCUT2D eigenvalue weighted by atomic mass is 10.2. The lowest BCUT2D eigenvalue weighted by Crippen LogP contribution is -2.28. The van der Waals surface area contributed by atoms with E-state index in [4.69, 9.17) is 9.57 Å². The summed E-state index contributed by atoms with van der Waals surface area (Å²) in [4.78, 5) is 28.4. The van der Waals surface area contributed by atoms with E-state index < -0.39 is 17.9 Å².